The van der Waals surface area contributed by atoms with Crippen molar-refractivity contribution in [2.24, 2.45) is 0 Å². The van der Waals surface area contributed by atoms with E-state index in [0.29, 0.717) is 4.90 Å². The number of likely N-dealkylation sites (N-methyl/N-ethyl adjacent to an activating group) is 1. The molecule has 0 spiro atoms. The first-order chi connectivity index (χ1) is 13.4. The van der Waals surface area contributed by atoms with E-state index >= 15 is 0 Å². The second kappa shape index (κ2) is 7.35. The summed E-state index contributed by atoms with van der Waals surface area (Å²) in [5.41, 5.74) is 2.84. The third-order valence-corrected chi connectivity index (χ3v) is 7.51. The number of rotatable bonds is 4. The van der Waals surface area contributed by atoms with Gasteiger partial charge >= 0.3 is 0 Å². The molecule has 0 N–H and O–H groups in total. The average molecular weight is 398 g/mol. The molecule has 4 rings (SSSR count). The quantitative estimate of drug-likeness (QED) is 0.676. The van der Waals surface area contributed by atoms with Gasteiger partial charge in [0.25, 0.3) is 10.0 Å². The highest BCUT2D eigenvalue weighted by Crippen LogP contribution is 2.32. The predicted molar refractivity (Wildman–Crippen MR) is 113 cm³/mol. The molecule has 2 aromatic carbocycles. The Labute approximate surface area is 167 Å². The predicted octanol–water partition coefficient (Wildman–Crippen LogP) is 3.50. The van der Waals surface area contributed by atoms with Crippen LogP contribution in [0.5, 0.6) is 0 Å². The zero-order valence-corrected chi connectivity index (χ0v) is 17.5. The van der Waals surface area contributed by atoms with E-state index in [1.165, 1.54) is 3.97 Å². The van der Waals surface area contributed by atoms with Gasteiger partial charge in [0.1, 0.15) is 0 Å². The third-order valence-electron chi connectivity index (χ3n) is 5.82. The number of aryl methyl sites for hydroxylation is 1. The monoisotopic (exact) mass is 397 g/mol. The van der Waals surface area contributed by atoms with Crippen LogP contribution < -0.4 is 0 Å². The second-order valence-corrected chi connectivity index (χ2v) is 9.55. The Bertz CT molecular complexity index is 1080. The highest BCUT2D eigenvalue weighted by Gasteiger charge is 2.26. The maximum atomic E-state index is 13.4. The topological polar surface area (TPSA) is 45.6 Å². The van der Waals surface area contributed by atoms with Crippen LogP contribution in [-0.2, 0) is 10.0 Å². The van der Waals surface area contributed by atoms with E-state index in [9.17, 15) is 8.42 Å². The summed E-state index contributed by atoms with van der Waals surface area (Å²) in [6, 6.07) is 15.0. The van der Waals surface area contributed by atoms with Crippen LogP contribution in [0.25, 0.3) is 10.9 Å². The highest BCUT2D eigenvalue weighted by atomic mass is 32.2. The number of benzene rings is 2. The fraction of sp³-hybridized carbons (Fsp3) is 0.364. The minimum absolute atomic E-state index is 0.160. The molecule has 6 heteroatoms. The molecule has 0 amide bonds. The largest absolute Gasteiger partial charge is 0.304 e. The van der Waals surface area contributed by atoms with E-state index in [0.717, 1.165) is 48.2 Å². The van der Waals surface area contributed by atoms with Gasteiger partial charge in [-0.05, 0) is 44.7 Å². The van der Waals surface area contributed by atoms with Crippen LogP contribution in [0.1, 0.15) is 24.1 Å². The Morgan fingerprint density at radius 1 is 0.929 bits per heavy atom. The Kier molecular flexibility index (Phi) is 5.04. The minimum atomic E-state index is -3.64. The summed E-state index contributed by atoms with van der Waals surface area (Å²) in [6.07, 6.45) is 1.82. The summed E-state index contributed by atoms with van der Waals surface area (Å²) in [7, 11) is -1.50. The van der Waals surface area contributed by atoms with Gasteiger partial charge in [0.15, 0.2) is 0 Å². The number of nitrogens with zero attached hydrogens (tertiary/aromatic N) is 3. The molecule has 0 saturated carbocycles. The molecule has 28 heavy (non-hydrogen) atoms. The number of para-hydroxylation sites is 1. The van der Waals surface area contributed by atoms with E-state index < -0.39 is 10.0 Å². The van der Waals surface area contributed by atoms with Crippen LogP contribution in [0.15, 0.2) is 59.6 Å². The number of hydrogen-bond acceptors (Lipinski definition) is 4. The minimum Gasteiger partial charge on any atom is -0.304 e. The van der Waals surface area contributed by atoms with Gasteiger partial charge in [-0.2, -0.15) is 0 Å². The molecule has 2 heterocycles. The Balaban J connectivity index is 1.79. The lowest BCUT2D eigenvalue weighted by molar-refractivity contribution is 0.119. The first-order valence-corrected chi connectivity index (χ1v) is 11.2. The summed E-state index contributed by atoms with van der Waals surface area (Å²) in [4.78, 5) is 5.08. The molecule has 1 aromatic heterocycles. The molecule has 5 nitrogen and oxygen atoms in total. The van der Waals surface area contributed by atoms with Gasteiger partial charge in [-0.1, -0.05) is 35.9 Å². The van der Waals surface area contributed by atoms with E-state index in [2.05, 4.69) is 23.8 Å². The molecule has 3 aromatic rings. The first kappa shape index (κ1) is 19.2. The molecule has 1 aliphatic heterocycles. The van der Waals surface area contributed by atoms with Gasteiger partial charge < -0.3 is 4.90 Å². The van der Waals surface area contributed by atoms with Crippen molar-refractivity contribution in [3.05, 3.63) is 65.9 Å². The van der Waals surface area contributed by atoms with Gasteiger partial charge in [0.05, 0.1) is 10.4 Å². The number of piperazine rings is 1. The van der Waals surface area contributed by atoms with Crippen LogP contribution >= 0.6 is 0 Å². The Morgan fingerprint density at radius 3 is 2.25 bits per heavy atom. The lowest BCUT2D eigenvalue weighted by Gasteiger charge is -2.36. The van der Waals surface area contributed by atoms with E-state index in [1.807, 2.05) is 49.5 Å². The van der Waals surface area contributed by atoms with Crippen molar-refractivity contribution < 1.29 is 8.42 Å². The molecule has 1 unspecified atom stereocenters. The molecular weight excluding hydrogens is 370 g/mol. The fourth-order valence-electron chi connectivity index (χ4n) is 3.94. The maximum Gasteiger partial charge on any atom is 0.268 e. The number of hydrogen-bond donors (Lipinski definition) is 0. The van der Waals surface area contributed by atoms with E-state index in [1.54, 1.807) is 12.1 Å². The van der Waals surface area contributed by atoms with Gasteiger partial charge in [-0.15, -0.1) is 0 Å². The molecule has 0 bridgehead atoms. The number of fused-ring (bicyclic) bond motifs is 1. The SMILES string of the molecule is Cc1ccc(S(=O)(=O)n2cc(C(C)N3CCN(C)CC3)c3ccccc32)cc1. The zero-order valence-electron chi connectivity index (χ0n) is 16.7. The van der Waals surface area contributed by atoms with Crippen molar-refractivity contribution >= 4 is 20.9 Å². The summed E-state index contributed by atoms with van der Waals surface area (Å²) < 4.78 is 28.2. The van der Waals surface area contributed by atoms with E-state index in [4.69, 9.17) is 0 Å². The van der Waals surface area contributed by atoms with Crippen molar-refractivity contribution in [1.82, 2.24) is 13.8 Å². The molecule has 1 fully saturated rings. The van der Waals surface area contributed by atoms with Crippen LogP contribution in [0.4, 0.5) is 0 Å². The molecular formula is C22H27N3O2S. The van der Waals surface area contributed by atoms with E-state index in [-0.39, 0.29) is 6.04 Å². The van der Waals surface area contributed by atoms with Gasteiger partial charge in [-0.3, -0.25) is 4.90 Å². The normalized spacial score (nSPS) is 17.8. The van der Waals surface area contributed by atoms with Crippen LogP contribution in [0, 0.1) is 6.92 Å². The molecule has 1 aliphatic rings. The second-order valence-electron chi connectivity index (χ2n) is 7.73. The third kappa shape index (κ3) is 3.36. The lowest BCUT2D eigenvalue weighted by atomic mass is 10.1. The fourth-order valence-corrected chi connectivity index (χ4v) is 5.31. The van der Waals surface area contributed by atoms with Crippen molar-refractivity contribution in [1.29, 1.82) is 0 Å². The van der Waals surface area contributed by atoms with Gasteiger partial charge in [0, 0.05) is 43.8 Å². The maximum absolute atomic E-state index is 13.4. The summed E-state index contributed by atoms with van der Waals surface area (Å²) in [5, 5.41) is 1.00. The van der Waals surface area contributed by atoms with Crippen LogP contribution in [0.2, 0.25) is 0 Å². The molecule has 1 saturated heterocycles. The standard InChI is InChI=1S/C22H27N3O2S/c1-17-8-10-19(11-9-17)28(26,27)25-16-21(20-6-4-5-7-22(20)25)18(2)24-14-12-23(3)13-15-24/h4-11,16,18H,12-15H2,1-3H3. The van der Waals surface area contributed by atoms with Gasteiger partial charge in [0.2, 0.25) is 0 Å². The lowest BCUT2D eigenvalue weighted by Crippen LogP contribution is -2.45. The van der Waals surface area contributed by atoms with Crippen molar-refractivity contribution in [3.63, 3.8) is 0 Å². The summed E-state index contributed by atoms with van der Waals surface area (Å²) in [5.74, 6) is 0. The number of aromatic nitrogens is 1. The average Bonchev–Trinajstić information content (AvgIpc) is 3.09. The Morgan fingerprint density at radius 2 is 1.57 bits per heavy atom. The first-order valence-electron chi connectivity index (χ1n) is 9.73. The highest BCUT2D eigenvalue weighted by molar-refractivity contribution is 7.90. The van der Waals surface area contributed by atoms with Gasteiger partial charge in [-0.25, -0.2) is 12.4 Å². The Hall–Kier alpha value is -2.15. The van der Waals surface area contributed by atoms with Crippen LogP contribution in [0.3, 0.4) is 0 Å². The summed E-state index contributed by atoms with van der Waals surface area (Å²) >= 11 is 0. The van der Waals surface area contributed by atoms with Crippen molar-refractivity contribution in [2.45, 2.75) is 24.8 Å². The zero-order chi connectivity index (χ0) is 19.9. The van der Waals surface area contributed by atoms with Crippen molar-refractivity contribution in [3.8, 4) is 0 Å². The molecule has 0 radical (unpaired) electrons. The van der Waals surface area contributed by atoms with Crippen molar-refractivity contribution in [2.75, 3.05) is 33.2 Å². The smallest absolute Gasteiger partial charge is 0.268 e. The molecule has 1 atom stereocenters. The molecule has 0 aliphatic carbocycles. The summed E-state index contributed by atoms with van der Waals surface area (Å²) in [6.45, 7) is 8.17. The molecule has 148 valence electrons. The van der Waals surface area contributed by atoms with Crippen LogP contribution in [-0.4, -0.2) is 55.4 Å².